The molecule has 1 aromatic heterocycles. The second-order valence-corrected chi connectivity index (χ2v) is 4.67. The minimum absolute atomic E-state index is 0.398. The number of aromatic nitrogens is 2. The van der Waals surface area contributed by atoms with Crippen LogP contribution in [0, 0.1) is 0 Å². The van der Waals surface area contributed by atoms with E-state index >= 15 is 0 Å². The Labute approximate surface area is 109 Å². The summed E-state index contributed by atoms with van der Waals surface area (Å²) in [6.45, 7) is 6.22. The van der Waals surface area contributed by atoms with Gasteiger partial charge in [-0.2, -0.15) is 0 Å². The van der Waals surface area contributed by atoms with Crippen molar-refractivity contribution in [1.82, 2.24) is 14.9 Å². The van der Waals surface area contributed by atoms with Gasteiger partial charge in [0.05, 0.1) is 17.8 Å². The summed E-state index contributed by atoms with van der Waals surface area (Å²) in [6.07, 6.45) is 3.51. The van der Waals surface area contributed by atoms with Gasteiger partial charge >= 0.3 is 0 Å². The van der Waals surface area contributed by atoms with Crippen LogP contribution in [0.25, 0.3) is 0 Å². The molecule has 96 valence electrons. The molecule has 4 nitrogen and oxygen atoms in total. The molecular weight excluding hydrogens is 236 g/mol. The summed E-state index contributed by atoms with van der Waals surface area (Å²) in [5, 5.41) is 0. The molecule has 0 saturated carbocycles. The predicted octanol–water partition coefficient (Wildman–Crippen LogP) is 1.99. The fourth-order valence-electron chi connectivity index (χ4n) is 1.92. The molecule has 0 aliphatic carbocycles. The lowest BCUT2D eigenvalue weighted by Crippen LogP contribution is -2.40. The summed E-state index contributed by atoms with van der Waals surface area (Å²) < 4.78 is 0. The van der Waals surface area contributed by atoms with Crippen molar-refractivity contribution >= 4 is 17.4 Å². The number of alkyl halides is 1. The largest absolute Gasteiger partial charge is 0.352 e. The first kappa shape index (κ1) is 14.2. The Kier molecular flexibility index (Phi) is 5.65. The van der Waals surface area contributed by atoms with Crippen LogP contribution in [0.1, 0.15) is 19.5 Å². The topological polar surface area (TPSA) is 32.3 Å². The van der Waals surface area contributed by atoms with Crippen molar-refractivity contribution in [2.75, 3.05) is 32.1 Å². The summed E-state index contributed by atoms with van der Waals surface area (Å²) >= 11 is 5.78. The van der Waals surface area contributed by atoms with Crippen molar-refractivity contribution in [2.45, 2.75) is 25.8 Å². The molecule has 1 rings (SSSR count). The molecule has 0 aliphatic rings. The zero-order valence-electron chi connectivity index (χ0n) is 11.0. The van der Waals surface area contributed by atoms with Crippen LogP contribution in [0.5, 0.6) is 0 Å². The molecule has 1 aromatic rings. The quantitative estimate of drug-likeness (QED) is 0.729. The Morgan fingerprint density at radius 3 is 2.59 bits per heavy atom. The number of anilines is 1. The Morgan fingerprint density at radius 1 is 1.35 bits per heavy atom. The van der Waals surface area contributed by atoms with Gasteiger partial charge in [0.2, 0.25) is 0 Å². The molecule has 0 saturated heterocycles. The van der Waals surface area contributed by atoms with Crippen LogP contribution in [0.4, 0.5) is 5.82 Å². The van der Waals surface area contributed by atoms with E-state index in [1.807, 2.05) is 0 Å². The van der Waals surface area contributed by atoms with Crippen LogP contribution in [0.2, 0.25) is 0 Å². The highest BCUT2D eigenvalue weighted by atomic mass is 35.5. The molecule has 1 unspecified atom stereocenters. The van der Waals surface area contributed by atoms with E-state index < -0.39 is 0 Å². The molecule has 0 spiro atoms. The third-order valence-corrected chi connectivity index (χ3v) is 2.88. The van der Waals surface area contributed by atoms with E-state index in [-0.39, 0.29) is 0 Å². The molecule has 0 radical (unpaired) electrons. The van der Waals surface area contributed by atoms with E-state index in [1.165, 1.54) is 0 Å². The summed E-state index contributed by atoms with van der Waals surface area (Å²) in [5.74, 6) is 1.31. The molecule has 0 fully saturated rings. The summed E-state index contributed by atoms with van der Waals surface area (Å²) in [4.78, 5) is 13.1. The first-order valence-corrected chi connectivity index (χ1v) is 6.40. The third kappa shape index (κ3) is 4.13. The van der Waals surface area contributed by atoms with Crippen LogP contribution in [-0.2, 0) is 5.88 Å². The minimum atomic E-state index is 0.398. The van der Waals surface area contributed by atoms with Gasteiger partial charge in [0, 0.05) is 25.3 Å². The molecule has 1 atom stereocenters. The normalized spacial score (nSPS) is 12.8. The van der Waals surface area contributed by atoms with Crippen LogP contribution in [0.3, 0.4) is 0 Å². The molecule has 0 aromatic carbocycles. The Hall–Kier alpha value is -0.870. The van der Waals surface area contributed by atoms with Gasteiger partial charge in [-0.3, -0.25) is 4.98 Å². The summed E-state index contributed by atoms with van der Waals surface area (Å²) in [6, 6.07) is 0.398. The first-order valence-electron chi connectivity index (χ1n) is 5.86. The van der Waals surface area contributed by atoms with Gasteiger partial charge in [-0.05, 0) is 27.9 Å². The standard InChI is InChI=1S/C12H21ClN4/c1-5-17(10(2)9-16(3)4)12-8-14-7-11(6-13)15-12/h7-8,10H,5-6,9H2,1-4H3. The maximum atomic E-state index is 5.78. The van der Waals surface area contributed by atoms with E-state index in [2.05, 4.69) is 47.7 Å². The predicted molar refractivity (Wildman–Crippen MR) is 72.6 cm³/mol. The van der Waals surface area contributed by atoms with Crippen LogP contribution >= 0.6 is 11.6 Å². The number of likely N-dealkylation sites (N-methyl/N-ethyl adjacent to an activating group) is 2. The zero-order chi connectivity index (χ0) is 12.8. The molecule has 17 heavy (non-hydrogen) atoms. The van der Waals surface area contributed by atoms with E-state index in [9.17, 15) is 0 Å². The second kappa shape index (κ2) is 6.77. The number of nitrogens with zero attached hydrogens (tertiary/aromatic N) is 4. The highest BCUT2D eigenvalue weighted by molar-refractivity contribution is 6.16. The number of hydrogen-bond acceptors (Lipinski definition) is 4. The van der Waals surface area contributed by atoms with Crippen molar-refractivity contribution in [1.29, 1.82) is 0 Å². The van der Waals surface area contributed by atoms with Gasteiger partial charge in [-0.15, -0.1) is 11.6 Å². The lowest BCUT2D eigenvalue weighted by atomic mass is 10.2. The summed E-state index contributed by atoms with van der Waals surface area (Å²) in [7, 11) is 4.15. The lowest BCUT2D eigenvalue weighted by molar-refractivity contribution is 0.372. The van der Waals surface area contributed by atoms with Gasteiger partial charge in [-0.25, -0.2) is 4.98 Å². The van der Waals surface area contributed by atoms with Gasteiger partial charge in [-0.1, -0.05) is 0 Å². The first-order chi connectivity index (χ1) is 8.08. The monoisotopic (exact) mass is 256 g/mol. The van der Waals surface area contributed by atoms with Crippen molar-refractivity contribution in [3.63, 3.8) is 0 Å². The smallest absolute Gasteiger partial charge is 0.147 e. The maximum absolute atomic E-state index is 5.78. The van der Waals surface area contributed by atoms with Gasteiger partial charge < -0.3 is 9.80 Å². The Bertz CT molecular complexity index is 343. The minimum Gasteiger partial charge on any atom is -0.352 e. The zero-order valence-corrected chi connectivity index (χ0v) is 11.8. The molecule has 0 aliphatic heterocycles. The van der Waals surface area contributed by atoms with E-state index in [4.69, 9.17) is 11.6 Å². The van der Waals surface area contributed by atoms with Crippen molar-refractivity contribution in [3.05, 3.63) is 18.1 Å². The molecule has 0 N–H and O–H groups in total. The van der Waals surface area contributed by atoms with Crippen molar-refractivity contribution in [3.8, 4) is 0 Å². The average molecular weight is 257 g/mol. The number of hydrogen-bond donors (Lipinski definition) is 0. The molecule has 1 heterocycles. The Morgan fingerprint density at radius 2 is 2.06 bits per heavy atom. The van der Waals surface area contributed by atoms with Crippen molar-refractivity contribution in [2.24, 2.45) is 0 Å². The van der Waals surface area contributed by atoms with Gasteiger partial charge in [0.15, 0.2) is 0 Å². The van der Waals surface area contributed by atoms with Crippen LogP contribution in [0.15, 0.2) is 12.4 Å². The second-order valence-electron chi connectivity index (χ2n) is 4.40. The SMILES string of the molecule is CCN(c1cncc(CCl)n1)C(C)CN(C)C. The van der Waals surface area contributed by atoms with Crippen LogP contribution < -0.4 is 4.90 Å². The number of rotatable bonds is 6. The van der Waals surface area contributed by atoms with Gasteiger partial charge in [0.1, 0.15) is 5.82 Å². The van der Waals surface area contributed by atoms with Crippen LogP contribution in [-0.4, -0.2) is 48.1 Å². The highest BCUT2D eigenvalue weighted by Gasteiger charge is 2.15. The molecule has 5 heteroatoms. The van der Waals surface area contributed by atoms with E-state index in [1.54, 1.807) is 12.4 Å². The lowest BCUT2D eigenvalue weighted by Gasteiger charge is -2.30. The molecular formula is C12H21ClN4. The van der Waals surface area contributed by atoms with E-state index in [0.29, 0.717) is 11.9 Å². The van der Waals surface area contributed by atoms with E-state index in [0.717, 1.165) is 24.6 Å². The third-order valence-electron chi connectivity index (χ3n) is 2.61. The Balaban J connectivity index is 2.84. The fraction of sp³-hybridized carbons (Fsp3) is 0.667. The van der Waals surface area contributed by atoms with Gasteiger partial charge in [0.25, 0.3) is 0 Å². The maximum Gasteiger partial charge on any atom is 0.147 e. The average Bonchev–Trinajstić information content (AvgIpc) is 2.29. The highest BCUT2D eigenvalue weighted by Crippen LogP contribution is 2.14. The number of halogens is 1. The fourth-order valence-corrected chi connectivity index (χ4v) is 2.05. The molecule has 0 bridgehead atoms. The molecule has 0 amide bonds. The summed E-state index contributed by atoms with van der Waals surface area (Å²) in [5.41, 5.74) is 0.819. The van der Waals surface area contributed by atoms with Crippen molar-refractivity contribution < 1.29 is 0 Å².